The lowest BCUT2D eigenvalue weighted by Crippen LogP contribution is -2.35. The number of nitrogens with one attached hydrogen (secondary N) is 1. The van der Waals surface area contributed by atoms with Gasteiger partial charge in [-0.25, -0.2) is 9.18 Å². The van der Waals surface area contributed by atoms with Gasteiger partial charge in [-0.1, -0.05) is 23.7 Å². The zero-order valence-electron chi connectivity index (χ0n) is 13.9. The third-order valence-electron chi connectivity index (χ3n) is 3.83. The highest BCUT2D eigenvalue weighted by Gasteiger charge is 2.18. The van der Waals surface area contributed by atoms with Gasteiger partial charge in [-0.05, 0) is 42.0 Å². The Balaban J connectivity index is 1.88. The number of hydrogen-bond acceptors (Lipinski definition) is 4. The summed E-state index contributed by atoms with van der Waals surface area (Å²) in [5.74, 6) is -1.47. The summed E-state index contributed by atoms with van der Waals surface area (Å²) in [6.45, 7) is 0.407. The monoisotopic (exact) mass is 374 g/mol. The maximum Gasteiger partial charge on any atom is 0.337 e. The van der Waals surface area contributed by atoms with E-state index in [1.165, 1.54) is 31.5 Å². The minimum atomic E-state index is -1.07. The maximum atomic E-state index is 14.0. The summed E-state index contributed by atoms with van der Waals surface area (Å²) in [6.07, 6.45) is 2.95. The van der Waals surface area contributed by atoms with E-state index < -0.39 is 11.8 Å². The van der Waals surface area contributed by atoms with Gasteiger partial charge in [-0.2, -0.15) is 0 Å². The average molecular weight is 375 g/mol. The molecule has 5 nitrogen and oxygen atoms in total. The molecule has 0 unspecified atom stereocenters. The van der Waals surface area contributed by atoms with Gasteiger partial charge in [-0.3, -0.25) is 10.4 Å². The largest absolute Gasteiger partial charge is 0.494 e. The highest BCUT2D eigenvalue weighted by atomic mass is 35.5. The molecule has 0 radical (unpaired) electrons. The zero-order valence-corrected chi connectivity index (χ0v) is 14.6. The third kappa shape index (κ3) is 3.97. The molecular weight excluding hydrogens is 359 g/mol. The van der Waals surface area contributed by atoms with Crippen molar-refractivity contribution in [2.45, 2.75) is 6.54 Å². The van der Waals surface area contributed by atoms with Crippen LogP contribution in [0.1, 0.15) is 11.1 Å². The Labute approximate surface area is 154 Å². The van der Waals surface area contributed by atoms with Crippen LogP contribution >= 0.6 is 11.6 Å². The predicted octanol–water partition coefficient (Wildman–Crippen LogP) is 3.82. The van der Waals surface area contributed by atoms with Crippen LogP contribution in [0.5, 0.6) is 5.75 Å². The van der Waals surface area contributed by atoms with Crippen LogP contribution in [-0.4, -0.2) is 23.2 Å². The van der Waals surface area contributed by atoms with Gasteiger partial charge >= 0.3 is 5.97 Å². The summed E-state index contributed by atoms with van der Waals surface area (Å²) < 4.78 is 18.9. The lowest BCUT2D eigenvalue weighted by Gasteiger charge is -2.28. The molecule has 26 heavy (non-hydrogen) atoms. The molecule has 1 aliphatic heterocycles. The topological polar surface area (TPSA) is 61.8 Å². The molecule has 0 saturated carbocycles. The number of hydrazine groups is 1. The standard InChI is InChI=1S/C19H16ClFN2O3/c1-26-18-7-4-13(8-16(18)21)17-9-14(19(24)25)11-23(22-17)10-12-2-5-15(20)6-3-12/h2-9,11,22H,10H2,1H3,(H,24,25). The SMILES string of the molecule is COc1ccc(C2=CC(C(=O)O)=CN(Cc3ccc(Cl)cc3)N2)cc1F. The van der Waals surface area contributed by atoms with E-state index in [0.717, 1.165) is 5.56 Å². The van der Waals surface area contributed by atoms with Gasteiger partial charge in [0.1, 0.15) is 0 Å². The molecule has 0 bridgehead atoms. The Morgan fingerprint density at radius 1 is 1.27 bits per heavy atom. The molecule has 3 rings (SSSR count). The van der Waals surface area contributed by atoms with Gasteiger partial charge in [-0.15, -0.1) is 0 Å². The molecule has 0 aliphatic carbocycles. The van der Waals surface area contributed by atoms with Crippen LogP contribution in [0.15, 0.2) is 60.3 Å². The average Bonchev–Trinajstić information content (AvgIpc) is 2.63. The first kappa shape index (κ1) is 17.8. The van der Waals surface area contributed by atoms with Crippen LogP contribution in [0.3, 0.4) is 0 Å². The van der Waals surface area contributed by atoms with Crippen LogP contribution < -0.4 is 10.2 Å². The van der Waals surface area contributed by atoms with E-state index in [-0.39, 0.29) is 11.3 Å². The van der Waals surface area contributed by atoms with Gasteiger partial charge in [0.25, 0.3) is 0 Å². The van der Waals surface area contributed by atoms with Crippen molar-refractivity contribution in [1.82, 2.24) is 10.4 Å². The molecule has 1 heterocycles. The zero-order chi connectivity index (χ0) is 18.7. The number of carboxylic acid groups (broad SMARTS) is 1. The Kier molecular flexibility index (Phi) is 5.14. The predicted molar refractivity (Wildman–Crippen MR) is 96.8 cm³/mol. The van der Waals surface area contributed by atoms with Crippen molar-refractivity contribution < 1.29 is 19.0 Å². The van der Waals surface area contributed by atoms with Gasteiger partial charge < -0.3 is 9.84 Å². The summed E-state index contributed by atoms with van der Waals surface area (Å²) in [7, 11) is 1.38. The molecule has 0 amide bonds. The Morgan fingerprint density at radius 3 is 2.62 bits per heavy atom. The van der Waals surface area contributed by atoms with Crippen LogP contribution in [0.4, 0.5) is 4.39 Å². The van der Waals surface area contributed by atoms with Crippen molar-refractivity contribution in [2.24, 2.45) is 0 Å². The number of methoxy groups -OCH3 is 1. The summed E-state index contributed by atoms with van der Waals surface area (Å²) in [4.78, 5) is 11.5. The number of aliphatic carboxylic acids is 1. The fourth-order valence-electron chi connectivity index (χ4n) is 2.55. The maximum absolute atomic E-state index is 14.0. The molecule has 2 aromatic carbocycles. The lowest BCUT2D eigenvalue weighted by atomic mass is 10.1. The van der Waals surface area contributed by atoms with Crippen molar-refractivity contribution in [1.29, 1.82) is 0 Å². The first-order valence-electron chi connectivity index (χ1n) is 7.75. The second-order valence-corrected chi connectivity index (χ2v) is 6.10. The van der Waals surface area contributed by atoms with E-state index in [0.29, 0.717) is 22.8 Å². The van der Waals surface area contributed by atoms with E-state index in [1.54, 1.807) is 23.2 Å². The minimum Gasteiger partial charge on any atom is -0.494 e. The first-order valence-corrected chi connectivity index (χ1v) is 8.12. The van der Waals surface area contributed by atoms with E-state index in [1.807, 2.05) is 12.1 Å². The molecule has 2 aromatic rings. The molecular formula is C19H16ClFN2O3. The molecule has 0 atom stereocenters. The molecule has 0 fully saturated rings. The number of carboxylic acids is 1. The second-order valence-electron chi connectivity index (χ2n) is 5.66. The normalized spacial score (nSPS) is 13.6. The second kappa shape index (κ2) is 7.49. The van der Waals surface area contributed by atoms with Gasteiger partial charge in [0, 0.05) is 16.8 Å². The highest BCUT2D eigenvalue weighted by Crippen LogP contribution is 2.25. The summed E-state index contributed by atoms with van der Waals surface area (Å²) in [5.41, 5.74) is 5.10. The Hall–Kier alpha value is -2.99. The molecule has 134 valence electrons. The molecule has 7 heteroatoms. The van der Waals surface area contributed by atoms with Crippen LogP contribution in [0.2, 0.25) is 5.02 Å². The van der Waals surface area contributed by atoms with Crippen LogP contribution in [-0.2, 0) is 11.3 Å². The molecule has 2 N–H and O–H groups in total. The smallest absolute Gasteiger partial charge is 0.337 e. The van der Waals surface area contributed by atoms with Gasteiger partial charge in [0.05, 0.1) is 24.9 Å². The number of halogens is 2. The van der Waals surface area contributed by atoms with E-state index in [9.17, 15) is 14.3 Å². The highest BCUT2D eigenvalue weighted by molar-refractivity contribution is 6.30. The number of rotatable bonds is 5. The summed E-state index contributed by atoms with van der Waals surface area (Å²) in [6, 6.07) is 11.7. The van der Waals surface area contributed by atoms with E-state index in [2.05, 4.69) is 5.43 Å². The van der Waals surface area contributed by atoms with Crippen LogP contribution in [0.25, 0.3) is 5.70 Å². The van der Waals surface area contributed by atoms with Gasteiger partial charge in [0.2, 0.25) is 0 Å². The number of hydrogen-bond donors (Lipinski definition) is 2. The van der Waals surface area contributed by atoms with Crippen molar-refractivity contribution in [3.05, 3.63) is 82.3 Å². The molecule has 1 aliphatic rings. The number of nitrogens with zero attached hydrogens (tertiary/aromatic N) is 1. The third-order valence-corrected chi connectivity index (χ3v) is 4.09. The van der Waals surface area contributed by atoms with Crippen molar-refractivity contribution in [2.75, 3.05) is 7.11 Å². The number of ether oxygens (including phenoxy) is 1. The van der Waals surface area contributed by atoms with Crippen molar-refractivity contribution in [3.63, 3.8) is 0 Å². The Bertz CT molecular complexity index is 894. The van der Waals surface area contributed by atoms with Crippen LogP contribution in [0, 0.1) is 5.82 Å². The van der Waals surface area contributed by atoms with Gasteiger partial charge in [0.15, 0.2) is 11.6 Å². The molecule has 0 saturated heterocycles. The quantitative estimate of drug-likeness (QED) is 0.833. The molecule has 0 spiro atoms. The molecule has 0 aromatic heterocycles. The minimum absolute atomic E-state index is 0.0870. The fraction of sp³-hybridized carbons (Fsp3) is 0.105. The van der Waals surface area contributed by atoms with E-state index in [4.69, 9.17) is 16.3 Å². The Morgan fingerprint density at radius 2 is 2.00 bits per heavy atom. The number of carbonyl (C=O) groups is 1. The van der Waals surface area contributed by atoms with E-state index >= 15 is 0 Å². The first-order chi connectivity index (χ1) is 12.5. The summed E-state index contributed by atoms with van der Waals surface area (Å²) >= 11 is 5.89. The number of benzene rings is 2. The summed E-state index contributed by atoms with van der Waals surface area (Å²) in [5, 5.41) is 11.6. The van der Waals surface area contributed by atoms with Crippen molar-refractivity contribution >= 4 is 23.3 Å². The fourth-order valence-corrected chi connectivity index (χ4v) is 2.68. The lowest BCUT2D eigenvalue weighted by molar-refractivity contribution is -0.132. The van der Waals surface area contributed by atoms with Crippen molar-refractivity contribution in [3.8, 4) is 5.75 Å².